The Balaban J connectivity index is 2.35. The number of allylic oxidation sites excluding steroid dienone is 8. The van der Waals surface area contributed by atoms with Gasteiger partial charge in [-0.15, -0.1) is 0 Å². The molecular weight excluding hydrogens is 168 g/mol. The van der Waals surface area contributed by atoms with Gasteiger partial charge in [0.2, 0.25) is 0 Å². The highest BCUT2D eigenvalue weighted by molar-refractivity contribution is 5.05. The minimum atomic E-state index is 1.03. The summed E-state index contributed by atoms with van der Waals surface area (Å²) in [5.74, 6) is 0. The third-order valence-corrected chi connectivity index (χ3v) is 2.16. The highest BCUT2D eigenvalue weighted by Crippen LogP contribution is 2.02. The lowest BCUT2D eigenvalue weighted by Crippen LogP contribution is -1.73. The van der Waals surface area contributed by atoms with E-state index in [9.17, 15) is 0 Å². The van der Waals surface area contributed by atoms with Crippen LogP contribution in [0.2, 0.25) is 0 Å². The van der Waals surface area contributed by atoms with E-state index in [0.29, 0.717) is 0 Å². The van der Waals surface area contributed by atoms with Gasteiger partial charge in [-0.25, -0.2) is 0 Å². The van der Waals surface area contributed by atoms with Gasteiger partial charge in [0.05, 0.1) is 0 Å². The van der Waals surface area contributed by atoms with Crippen molar-refractivity contribution >= 4 is 0 Å². The molecular formula is C14H19. The minimum absolute atomic E-state index is 1.03. The Bertz CT molecular complexity index is 228. The van der Waals surface area contributed by atoms with Crippen LogP contribution in [0.3, 0.4) is 0 Å². The molecule has 0 aromatic rings. The van der Waals surface area contributed by atoms with Crippen molar-refractivity contribution < 1.29 is 0 Å². The first-order chi connectivity index (χ1) is 7.00. The first-order valence-electron chi connectivity index (χ1n) is 5.52. The van der Waals surface area contributed by atoms with Crippen LogP contribution in [0.4, 0.5) is 0 Å². The molecule has 1 rings (SSSR count). The summed E-state index contributed by atoms with van der Waals surface area (Å²) < 4.78 is 0. The quantitative estimate of drug-likeness (QED) is 0.494. The molecule has 0 heteroatoms. The van der Waals surface area contributed by atoms with Gasteiger partial charge in [-0.05, 0) is 44.6 Å². The molecule has 0 atom stereocenters. The molecule has 0 N–H and O–H groups in total. The summed E-state index contributed by atoms with van der Waals surface area (Å²) in [5.41, 5.74) is 0. The Hall–Kier alpha value is -1.04. The molecule has 14 heavy (non-hydrogen) atoms. The molecule has 0 aliphatic heterocycles. The highest BCUT2D eigenvalue weighted by atomic mass is 13.9. The summed E-state index contributed by atoms with van der Waals surface area (Å²) in [6.45, 7) is 0. The molecule has 0 saturated carbocycles. The lowest BCUT2D eigenvalue weighted by Gasteiger charge is -1.92. The van der Waals surface area contributed by atoms with Gasteiger partial charge in [-0.1, -0.05) is 42.5 Å². The minimum Gasteiger partial charge on any atom is -0.0845 e. The van der Waals surface area contributed by atoms with Crippen molar-refractivity contribution in [3.63, 3.8) is 0 Å². The molecule has 75 valence electrons. The first-order valence-corrected chi connectivity index (χ1v) is 5.52. The van der Waals surface area contributed by atoms with Crippen molar-refractivity contribution in [3.8, 4) is 0 Å². The van der Waals surface area contributed by atoms with Crippen LogP contribution in [0.1, 0.15) is 38.5 Å². The van der Waals surface area contributed by atoms with Gasteiger partial charge in [0.1, 0.15) is 0 Å². The van der Waals surface area contributed by atoms with Crippen LogP contribution in [0.25, 0.3) is 0 Å². The predicted molar refractivity (Wildman–Crippen MR) is 62.9 cm³/mol. The van der Waals surface area contributed by atoms with Gasteiger partial charge >= 0.3 is 0 Å². The number of rotatable bonds is 0. The molecule has 0 bridgehead atoms. The number of hydrogen-bond acceptors (Lipinski definition) is 0. The van der Waals surface area contributed by atoms with E-state index in [4.69, 9.17) is 0 Å². The van der Waals surface area contributed by atoms with E-state index >= 15 is 0 Å². The molecule has 0 aromatic heterocycles. The zero-order chi connectivity index (χ0) is 9.90. The topological polar surface area (TPSA) is 0 Å². The van der Waals surface area contributed by atoms with Crippen LogP contribution >= 0.6 is 0 Å². The van der Waals surface area contributed by atoms with Gasteiger partial charge in [0.25, 0.3) is 0 Å². The molecule has 1 radical (unpaired) electrons. The monoisotopic (exact) mass is 187 g/mol. The Kier molecular flexibility index (Phi) is 6.74. The van der Waals surface area contributed by atoms with Crippen LogP contribution in [0, 0.1) is 6.08 Å². The zero-order valence-electron chi connectivity index (χ0n) is 8.78. The lowest BCUT2D eigenvalue weighted by atomic mass is 10.1. The van der Waals surface area contributed by atoms with Crippen LogP contribution in [-0.4, -0.2) is 0 Å². The molecule has 0 spiro atoms. The van der Waals surface area contributed by atoms with Crippen molar-refractivity contribution in [2.75, 3.05) is 0 Å². The van der Waals surface area contributed by atoms with Gasteiger partial charge in [-0.3, -0.25) is 0 Å². The number of hydrogen-bond donors (Lipinski definition) is 0. The fourth-order valence-corrected chi connectivity index (χ4v) is 1.35. The van der Waals surface area contributed by atoms with E-state index in [2.05, 4.69) is 48.6 Å². The molecule has 0 nitrogen and oxygen atoms in total. The summed E-state index contributed by atoms with van der Waals surface area (Å²) in [7, 11) is 0. The second-order valence-corrected chi connectivity index (χ2v) is 3.45. The maximum absolute atomic E-state index is 3.32. The van der Waals surface area contributed by atoms with Crippen LogP contribution in [-0.2, 0) is 0 Å². The average Bonchev–Trinajstić information content (AvgIpc) is 2.22. The summed E-state index contributed by atoms with van der Waals surface area (Å²) >= 11 is 0. The fourth-order valence-electron chi connectivity index (χ4n) is 1.35. The molecule has 1 aliphatic rings. The second kappa shape index (κ2) is 8.55. The molecule has 1 aliphatic carbocycles. The maximum atomic E-state index is 3.32. The van der Waals surface area contributed by atoms with E-state index in [0.717, 1.165) is 19.3 Å². The predicted octanol–water partition coefficient (Wildman–Crippen LogP) is 4.37. The van der Waals surface area contributed by atoms with Gasteiger partial charge in [-0.2, -0.15) is 0 Å². The lowest BCUT2D eigenvalue weighted by molar-refractivity contribution is 0.753. The third kappa shape index (κ3) is 6.47. The third-order valence-electron chi connectivity index (χ3n) is 2.16. The van der Waals surface area contributed by atoms with Gasteiger partial charge in [0.15, 0.2) is 0 Å². The SMILES string of the molecule is [C]1=C/C/C=C\C/C=C\C=C\CCCC/1. The van der Waals surface area contributed by atoms with E-state index in [1.54, 1.807) is 0 Å². The van der Waals surface area contributed by atoms with E-state index < -0.39 is 0 Å². The summed E-state index contributed by atoms with van der Waals surface area (Å²) in [5, 5.41) is 0. The highest BCUT2D eigenvalue weighted by Gasteiger charge is 1.83. The molecule has 0 unspecified atom stereocenters. The normalized spacial score (nSPS) is 28.6. The van der Waals surface area contributed by atoms with E-state index in [-0.39, 0.29) is 0 Å². The summed E-state index contributed by atoms with van der Waals surface area (Å²) in [4.78, 5) is 0. The first kappa shape index (κ1) is 11.0. The Morgan fingerprint density at radius 1 is 0.786 bits per heavy atom. The molecule has 0 amide bonds. The average molecular weight is 187 g/mol. The molecule has 0 heterocycles. The summed E-state index contributed by atoms with van der Waals surface area (Å²) in [6.07, 6.45) is 25.5. The Labute approximate surface area is 87.7 Å². The van der Waals surface area contributed by atoms with Crippen LogP contribution < -0.4 is 0 Å². The Morgan fingerprint density at radius 3 is 2.64 bits per heavy atom. The second-order valence-electron chi connectivity index (χ2n) is 3.45. The maximum Gasteiger partial charge on any atom is -0.0163 e. The van der Waals surface area contributed by atoms with Crippen LogP contribution in [0.15, 0.2) is 42.5 Å². The zero-order valence-corrected chi connectivity index (χ0v) is 8.78. The largest absolute Gasteiger partial charge is 0.0845 e. The standard InChI is InChI=1S/C14H19/c1-2-4-6-8-10-12-14-13-11-9-7-5-3-1/h1-4,7,9,13H,5-6,8,10-12H2/b3-1-,4-2+,9-7-,14-13?. The van der Waals surface area contributed by atoms with E-state index in [1.165, 1.54) is 19.3 Å². The van der Waals surface area contributed by atoms with Crippen molar-refractivity contribution in [3.05, 3.63) is 48.6 Å². The van der Waals surface area contributed by atoms with Gasteiger partial charge in [0, 0.05) is 0 Å². The van der Waals surface area contributed by atoms with E-state index in [1.807, 2.05) is 0 Å². The van der Waals surface area contributed by atoms with Crippen molar-refractivity contribution in [2.45, 2.75) is 38.5 Å². The van der Waals surface area contributed by atoms with Crippen molar-refractivity contribution in [2.24, 2.45) is 0 Å². The van der Waals surface area contributed by atoms with Crippen molar-refractivity contribution in [1.29, 1.82) is 0 Å². The molecule has 0 saturated heterocycles. The molecule has 0 fully saturated rings. The smallest absolute Gasteiger partial charge is 0.0163 e. The summed E-state index contributed by atoms with van der Waals surface area (Å²) in [6, 6.07) is 0. The Morgan fingerprint density at radius 2 is 1.64 bits per heavy atom. The fraction of sp³-hybridized carbons (Fsp3) is 0.429. The van der Waals surface area contributed by atoms with Crippen molar-refractivity contribution in [1.82, 2.24) is 0 Å². The van der Waals surface area contributed by atoms with Crippen LogP contribution in [0.5, 0.6) is 0 Å². The van der Waals surface area contributed by atoms with Gasteiger partial charge < -0.3 is 0 Å². The molecule has 0 aromatic carbocycles.